The topological polar surface area (TPSA) is 46.3 Å². The van der Waals surface area contributed by atoms with Gasteiger partial charge in [-0.05, 0) is 45.4 Å². The van der Waals surface area contributed by atoms with Crippen LogP contribution in [0, 0.1) is 11.8 Å². The maximum absolute atomic E-state index is 12.5. The number of hydrogen-bond acceptors (Lipinski definition) is 2. The second-order valence-electron chi connectivity index (χ2n) is 5.57. The molecule has 1 aliphatic rings. The summed E-state index contributed by atoms with van der Waals surface area (Å²) in [6.45, 7) is 9.34. The van der Waals surface area contributed by atoms with Crippen LogP contribution in [-0.4, -0.2) is 29.4 Å². The molecule has 0 aromatic rings. The van der Waals surface area contributed by atoms with E-state index >= 15 is 0 Å². The van der Waals surface area contributed by atoms with Crippen molar-refractivity contribution in [3.05, 3.63) is 0 Å². The summed E-state index contributed by atoms with van der Waals surface area (Å²) in [6, 6.07) is 0.397. The van der Waals surface area contributed by atoms with E-state index in [9.17, 15) is 4.79 Å². The van der Waals surface area contributed by atoms with Crippen LogP contribution in [0.4, 0.5) is 0 Å². The molecule has 3 heteroatoms. The number of amides is 1. The molecule has 0 heterocycles. The largest absolute Gasteiger partial charge is 0.340 e. The molecule has 1 amide bonds. The average Bonchev–Trinajstić information content (AvgIpc) is 2.32. The summed E-state index contributed by atoms with van der Waals surface area (Å²) < 4.78 is 0. The summed E-state index contributed by atoms with van der Waals surface area (Å²) in [5.74, 6) is 0.966. The molecule has 0 bridgehead atoms. The molecule has 0 radical (unpaired) electrons. The molecule has 1 rings (SSSR count). The SMILES string of the molecule is CCC(C)N(CC)C(=O)C1CC(C)CCC1N. The van der Waals surface area contributed by atoms with Crippen molar-refractivity contribution in [2.45, 2.75) is 65.5 Å². The number of nitrogens with zero attached hydrogens (tertiary/aromatic N) is 1. The summed E-state index contributed by atoms with van der Waals surface area (Å²) in [5.41, 5.74) is 6.13. The van der Waals surface area contributed by atoms with Crippen LogP contribution in [0.5, 0.6) is 0 Å². The number of nitrogens with two attached hydrogens (primary N) is 1. The second-order valence-corrected chi connectivity index (χ2v) is 5.57. The fourth-order valence-electron chi connectivity index (χ4n) is 2.81. The summed E-state index contributed by atoms with van der Waals surface area (Å²) in [6.07, 6.45) is 4.14. The molecule has 1 aliphatic carbocycles. The van der Waals surface area contributed by atoms with Gasteiger partial charge in [-0.1, -0.05) is 13.8 Å². The summed E-state index contributed by atoms with van der Waals surface area (Å²) >= 11 is 0. The highest BCUT2D eigenvalue weighted by Gasteiger charge is 2.34. The van der Waals surface area contributed by atoms with E-state index in [1.54, 1.807) is 0 Å². The van der Waals surface area contributed by atoms with Crippen LogP contribution in [0.1, 0.15) is 53.4 Å². The average molecular weight is 240 g/mol. The quantitative estimate of drug-likeness (QED) is 0.820. The zero-order valence-electron chi connectivity index (χ0n) is 11.8. The van der Waals surface area contributed by atoms with E-state index in [0.717, 1.165) is 25.8 Å². The summed E-state index contributed by atoms with van der Waals surface area (Å²) in [4.78, 5) is 14.5. The molecule has 0 aromatic heterocycles. The fourth-order valence-corrected chi connectivity index (χ4v) is 2.81. The van der Waals surface area contributed by atoms with Gasteiger partial charge in [0.25, 0.3) is 0 Å². The molecule has 1 saturated carbocycles. The van der Waals surface area contributed by atoms with Crippen molar-refractivity contribution in [2.75, 3.05) is 6.54 Å². The predicted molar refractivity (Wildman–Crippen MR) is 71.6 cm³/mol. The van der Waals surface area contributed by atoms with Crippen LogP contribution >= 0.6 is 0 Å². The van der Waals surface area contributed by atoms with Gasteiger partial charge in [-0.3, -0.25) is 4.79 Å². The molecular weight excluding hydrogens is 212 g/mol. The summed E-state index contributed by atoms with van der Waals surface area (Å²) in [5, 5.41) is 0. The molecular formula is C14H28N2O. The highest BCUT2D eigenvalue weighted by molar-refractivity contribution is 5.80. The Labute approximate surface area is 106 Å². The number of rotatable bonds is 4. The van der Waals surface area contributed by atoms with Gasteiger partial charge in [0.05, 0.1) is 5.92 Å². The molecule has 1 fully saturated rings. The van der Waals surface area contributed by atoms with Crippen molar-refractivity contribution in [3.63, 3.8) is 0 Å². The van der Waals surface area contributed by atoms with Crippen LogP contribution in [0.3, 0.4) is 0 Å². The van der Waals surface area contributed by atoms with Gasteiger partial charge in [-0.15, -0.1) is 0 Å². The Kier molecular flexibility index (Phi) is 5.44. The minimum Gasteiger partial charge on any atom is -0.340 e. The Bertz CT molecular complexity index is 255. The molecule has 100 valence electrons. The minimum atomic E-state index is 0.0488. The van der Waals surface area contributed by atoms with Gasteiger partial charge in [-0.25, -0.2) is 0 Å². The highest BCUT2D eigenvalue weighted by atomic mass is 16.2. The minimum absolute atomic E-state index is 0.0488. The maximum Gasteiger partial charge on any atom is 0.227 e. The Hall–Kier alpha value is -0.570. The third-order valence-electron chi connectivity index (χ3n) is 4.23. The first kappa shape index (κ1) is 14.5. The first-order chi connectivity index (χ1) is 8.01. The van der Waals surface area contributed by atoms with Gasteiger partial charge >= 0.3 is 0 Å². The molecule has 0 aromatic carbocycles. The van der Waals surface area contributed by atoms with Crippen LogP contribution in [-0.2, 0) is 4.79 Å². The molecule has 0 aliphatic heterocycles. The van der Waals surface area contributed by atoms with Gasteiger partial charge in [0.2, 0.25) is 5.91 Å². The molecule has 3 nitrogen and oxygen atoms in total. The van der Waals surface area contributed by atoms with Crippen LogP contribution in [0.2, 0.25) is 0 Å². The standard InChI is InChI=1S/C14H28N2O/c1-5-11(4)16(6-2)14(17)12-9-10(3)7-8-13(12)15/h10-13H,5-9,15H2,1-4H3. The fraction of sp³-hybridized carbons (Fsp3) is 0.929. The Morgan fingerprint density at radius 3 is 2.59 bits per heavy atom. The monoisotopic (exact) mass is 240 g/mol. The van der Waals surface area contributed by atoms with Crippen LogP contribution < -0.4 is 5.73 Å². The van der Waals surface area contributed by atoms with E-state index in [2.05, 4.69) is 27.7 Å². The number of carbonyl (C=O) groups excluding carboxylic acids is 1. The van der Waals surface area contributed by atoms with Gasteiger partial charge in [0, 0.05) is 18.6 Å². The summed E-state index contributed by atoms with van der Waals surface area (Å²) in [7, 11) is 0. The van der Waals surface area contributed by atoms with E-state index in [1.807, 2.05) is 4.90 Å². The zero-order valence-corrected chi connectivity index (χ0v) is 11.8. The van der Waals surface area contributed by atoms with Gasteiger partial charge < -0.3 is 10.6 Å². The van der Waals surface area contributed by atoms with Gasteiger partial charge in [-0.2, -0.15) is 0 Å². The van der Waals surface area contributed by atoms with E-state index in [0.29, 0.717) is 12.0 Å². The second kappa shape index (κ2) is 6.39. The zero-order chi connectivity index (χ0) is 13.0. The predicted octanol–water partition coefficient (Wildman–Crippen LogP) is 2.40. The van der Waals surface area contributed by atoms with Gasteiger partial charge in [0.1, 0.15) is 0 Å². The lowest BCUT2D eigenvalue weighted by Gasteiger charge is -2.37. The van der Waals surface area contributed by atoms with Crippen LogP contribution in [0.15, 0.2) is 0 Å². The van der Waals surface area contributed by atoms with E-state index in [4.69, 9.17) is 5.73 Å². The van der Waals surface area contributed by atoms with Crippen molar-refractivity contribution in [1.82, 2.24) is 4.90 Å². The first-order valence-corrected chi connectivity index (χ1v) is 7.07. The Balaban J connectivity index is 2.71. The van der Waals surface area contributed by atoms with Crippen molar-refractivity contribution in [1.29, 1.82) is 0 Å². The molecule has 17 heavy (non-hydrogen) atoms. The van der Waals surface area contributed by atoms with E-state index in [-0.39, 0.29) is 17.9 Å². The first-order valence-electron chi connectivity index (χ1n) is 7.07. The lowest BCUT2D eigenvalue weighted by Crippen LogP contribution is -2.49. The van der Waals surface area contributed by atoms with E-state index < -0.39 is 0 Å². The van der Waals surface area contributed by atoms with Crippen molar-refractivity contribution >= 4 is 5.91 Å². The van der Waals surface area contributed by atoms with Crippen LogP contribution in [0.25, 0.3) is 0 Å². The molecule has 4 unspecified atom stereocenters. The normalized spacial score (nSPS) is 31.0. The Morgan fingerprint density at radius 2 is 2.06 bits per heavy atom. The number of hydrogen-bond donors (Lipinski definition) is 1. The van der Waals surface area contributed by atoms with Crippen molar-refractivity contribution in [2.24, 2.45) is 17.6 Å². The lowest BCUT2D eigenvalue weighted by molar-refractivity contribution is -0.139. The third-order valence-corrected chi connectivity index (χ3v) is 4.23. The lowest BCUT2D eigenvalue weighted by atomic mass is 9.78. The number of carbonyl (C=O) groups is 1. The van der Waals surface area contributed by atoms with E-state index in [1.165, 1.54) is 6.42 Å². The smallest absolute Gasteiger partial charge is 0.227 e. The molecule has 0 spiro atoms. The van der Waals surface area contributed by atoms with Gasteiger partial charge in [0.15, 0.2) is 0 Å². The third kappa shape index (κ3) is 3.44. The van der Waals surface area contributed by atoms with Crippen molar-refractivity contribution < 1.29 is 4.79 Å². The molecule has 4 atom stereocenters. The molecule has 0 saturated heterocycles. The Morgan fingerprint density at radius 1 is 1.41 bits per heavy atom. The van der Waals surface area contributed by atoms with Crippen molar-refractivity contribution in [3.8, 4) is 0 Å². The maximum atomic E-state index is 12.5. The molecule has 2 N–H and O–H groups in total. The highest BCUT2D eigenvalue weighted by Crippen LogP contribution is 2.29.